The second-order valence-electron chi connectivity index (χ2n) is 8.24. The van der Waals surface area contributed by atoms with Crippen LogP contribution < -0.4 is 5.56 Å². The number of benzene rings is 3. The van der Waals surface area contributed by atoms with Crippen LogP contribution in [0.2, 0.25) is 0 Å². The molecule has 0 fully saturated rings. The molecule has 0 saturated heterocycles. The maximum Gasteiger partial charge on any atom is 0.265 e. The molecule has 0 unspecified atom stereocenters. The maximum absolute atomic E-state index is 13.7. The summed E-state index contributed by atoms with van der Waals surface area (Å²) in [5.74, 6) is 0. The third-order valence-corrected chi connectivity index (χ3v) is 5.97. The highest BCUT2D eigenvalue weighted by Gasteiger charge is 2.20. The van der Waals surface area contributed by atoms with E-state index in [1.165, 1.54) is 5.56 Å². The van der Waals surface area contributed by atoms with Gasteiger partial charge in [0.25, 0.3) is 5.56 Å². The SMILES string of the molecule is Cc1cccc(-n2c3nc4ccccc4nc3c3c(=O)n(CCc4ccccc4)cnc32)c1. The fourth-order valence-electron chi connectivity index (χ4n) is 4.34. The Hall–Kier alpha value is -4.32. The Labute approximate surface area is 189 Å². The lowest BCUT2D eigenvalue weighted by atomic mass is 10.1. The molecule has 6 rings (SSSR count). The van der Waals surface area contributed by atoms with Crippen LogP contribution in [0, 0.1) is 6.92 Å². The minimum atomic E-state index is -0.100. The fraction of sp³-hybridized carbons (Fsp3) is 0.111. The molecule has 0 aliphatic heterocycles. The van der Waals surface area contributed by atoms with Crippen molar-refractivity contribution >= 4 is 33.2 Å². The average molecular weight is 431 g/mol. The van der Waals surface area contributed by atoms with Crippen molar-refractivity contribution < 1.29 is 0 Å². The second-order valence-corrected chi connectivity index (χ2v) is 8.24. The summed E-state index contributed by atoms with van der Waals surface area (Å²) in [5, 5.41) is 0.500. The third-order valence-electron chi connectivity index (χ3n) is 5.97. The van der Waals surface area contributed by atoms with E-state index >= 15 is 0 Å². The predicted molar refractivity (Wildman–Crippen MR) is 131 cm³/mol. The van der Waals surface area contributed by atoms with Crippen molar-refractivity contribution in [1.29, 1.82) is 0 Å². The zero-order valence-corrected chi connectivity index (χ0v) is 18.1. The van der Waals surface area contributed by atoms with Crippen LogP contribution in [0.3, 0.4) is 0 Å². The first kappa shape index (κ1) is 19.4. The van der Waals surface area contributed by atoms with E-state index in [2.05, 4.69) is 18.2 Å². The van der Waals surface area contributed by atoms with Gasteiger partial charge in [-0.3, -0.25) is 13.9 Å². The number of para-hydroxylation sites is 2. The number of aryl methyl sites for hydroxylation is 3. The van der Waals surface area contributed by atoms with Crippen LogP contribution in [-0.2, 0) is 13.0 Å². The summed E-state index contributed by atoms with van der Waals surface area (Å²) in [4.78, 5) is 28.1. The first-order chi connectivity index (χ1) is 16.2. The molecule has 33 heavy (non-hydrogen) atoms. The number of aromatic nitrogens is 5. The maximum atomic E-state index is 13.7. The van der Waals surface area contributed by atoms with Gasteiger partial charge in [0.1, 0.15) is 10.9 Å². The molecule has 0 aliphatic rings. The van der Waals surface area contributed by atoms with Gasteiger partial charge in [-0.25, -0.2) is 15.0 Å². The highest BCUT2D eigenvalue weighted by atomic mass is 16.1. The van der Waals surface area contributed by atoms with Gasteiger partial charge in [0.15, 0.2) is 11.3 Å². The molecular formula is C27H21N5O. The molecule has 0 atom stereocenters. The largest absolute Gasteiger partial charge is 0.298 e. The van der Waals surface area contributed by atoms with Crippen molar-refractivity contribution in [3.8, 4) is 5.69 Å². The van der Waals surface area contributed by atoms with Gasteiger partial charge in [0.2, 0.25) is 0 Å². The molecule has 0 radical (unpaired) electrons. The zero-order chi connectivity index (χ0) is 22.4. The molecule has 0 saturated carbocycles. The molecule has 3 heterocycles. The summed E-state index contributed by atoms with van der Waals surface area (Å²) in [5.41, 5.74) is 6.44. The van der Waals surface area contributed by atoms with E-state index in [4.69, 9.17) is 15.0 Å². The van der Waals surface area contributed by atoms with Crippen LogP contribution in [0.4, 0.5) is 0 Å². The van der Waals surface area contributed by atoms with Crippen LogP contribution >= 0.6 is 0 Å². The van der Waals surface area contributed by atoms with Crippen LogP contribution in [0.5, 0.6) is 0 Å². The zero-order valence-electron chi connectivity index (χ0n) is 18.1. The van der Waals surface area contributed by atoms with E-state index in [1.54, 1.807) is 10.9 Å². The molecule has 0 amide bonds. The molecule has 3 aromatic carbocycles. The van der Waals surface area contributed by atoms with Crippen molar-refractivity contribution in [2.45, 2.75) is 19.9 Å². The Morgan fingerprint density at radius 3 is 2.36 bits per heavy atom. The number of rotatable bonds is 4. The van der Waals surface area contributed by atoms with Gasteiger partial charge in [-0.2, -0.15) is 0 Å². The molecule has 6 nitrogen and oxygen atoms in total. The second kappa shape index (κ2) is 7.67. The monoisotopic (exact) mass is 431 g/mol. The molecule has 3 aromatic heterocycles. The molecule has 160 valence electrons. The predicted octanol–water partition coefficient (Wildman–Crippen LogP) is 4.83. The molecule has 0 spiro atoms. The summed E-state index contributed by atoms with van der Waals surface area (Å²) in [6, 6.07) is 26.0. The fourth-order valence-corrected chi connectivity index (χ4v) is 4.34. The highest BCUT2D eigenvalue weighted by Crippen LogP contribution is 2.28. The number of hydrogen-bond acceptors (Lipinski definition) is 4. The minimum Gasteiger partial charge on any atom is -0.298 e. The van der Waals surface area contributed by atoms with Crippen LogP contribution in [0.1, 0.15) is 11.1 Å². The van der Waals surface area contributed by atoms with Gasteiger partial charge in [-0.1, -0.05) is 54.6 Å². The molecule has 0 aliphatic carbocycles. The van der Waals surface area contributed by atoms with E-state index in [9.17, 15) is 4.79 Å². The molecule has 6 aromatic rings. The van der Waals surface area contributed by atoms with Crippen molar-refractivity contribution in [3.05, 3.63) is 107 Å². The van der Waals surface area contributed by atoms with E-state index < -0.39 is 0 Å². The van der Waals surface area contributed by atoms with Gasteiger partial charge >= 0.3 is 0 Å². The summed E-state index contributed by atoms with van der Waals surface area (Å²) in [6.45, 7) is 2.59. The van der Waals surface area contributed by atoms with Crippen LogP contribution in [-0.4, -0.2) is 24.1 Å². The van der Waals surface area contributed by atoms with E-state index in [0.29, 0.717) is 28.7 Å². The van der Waals surface area contributed by atoms with E-state index in [-0.39, 0.29) is 5.56 Å². The normalized spacial score (nSPS) is 11.5. The van der Waals surface area contributed by atoms with Gasteiger partial charge < -0.3 is 0 Å². The number of hydrogen-bond donors (Lipinski definition) is 0. The van der Waals surface area contributed by atoms with E-state index in [0.717, 1.165) is 28.7 Å². The lowest BCUT2D eigenvalue weighted by Gasteiger charge is -2.08. The summed E-state index contributed by atoms with van der Waals surface area (Å²) in [6.07, 6.45) is 2.39. The summed E-state index contributed by atoms with van der Waals surface area (Å²) >= 11 is 0. The lowest BCUT2D eigenvalue weighted by molar-refractivity contribution is 0.662. The smallest absolute Gasteiger partial charge is 0.265 e. The standard InChI is InChI=1S/C27H21N5O/c1-18-8-7-11-20(16-18)32-25-23(24-26(32)30-22-13-6-5-12-21(22)29-24)27(33)31(17-28-25)15-14-19-9-3-2-4-10-19/h2-13,16-17H,14-15H2,1H3. The topological polar surface area (TPSA) is 65.6 Å². The number of nitrogens with zero attached hydrogens (tertiary/aromatic N) is 5. The van der Waals surface area contributed by atoms with Gasteiger partial charge in [0.05, 0.1) is 17.4 Å². The molecule has 0 bridgehead atoms. The van der Waals surface area contributed by atoms with Crippen molar-refractivity contribution in [2.75, 3.05) is 0 Å². The highest BCUT2D eigenvalue weighted by molar-refractivity contribution is 6.05. The van der Waals surface area contributed by atoms with Gasteiger partial charge in [0, 0.05) is 12.2 Å². The van der Waals surface area contributed by atoms with Crippen molar-refractivity contribution in [3.63, 3.8) is 0 Å². The molecule has 6 heteroatoms. The minimum absolute atomic E-state index is 0.100. The molecular weight excluding hydrogens is 410 g/mol. The van der Waals surface area contributed by atoms with Crippen LogP contribution in [0.25, 0.3) is 38.9 Å². The third kappa shape index (κ3) is 3.27. The van der Waals surface area contributed by atoms with Gasteiger partial charge in [-0.15, -0.1) is 0 Å². The first-order valence-corrected chi connectivity index (χ1v) is 11.0. The number of fused-ring (bicyclic) bond motifs is 4. The Balaban J connectivity index is 1.62. The lowest BCUT2D eigenvalue weighted by Crippen LogP contribution is -2.21. The average Bonchev–Trinajstić information content (AvgIpc) is 3.16. The Bertz CT molecular complexity index is 1700. The Kier molecular flexibility index (Phi) is 4.50. The van der Waals surface area contributed by atoms with Crippen LogP contribution in [0.15, 0.2) is 90.0 Å². The Morgan fingerprint density at radius 1 is 0.818 bits per heavy atom. The van der Waals surface area contributed by atoms with Gasteiger partial charge in [-0.05, 0) is 48.7 Å². The van der Waals surface area contributed by atoms with E-state index in [1.807, 2.05) is 72.2 Å². The van der Waals surface area contributed by atoms with Crippen molar-refractivity contribution in [2.24, 2.45) is 0 Å². The summed E-state index contributed by atoms with van der Waals surface area (Å²) in [7, 11) is 0. The first-order valence-electron chi connectivity index (χ1n) is 11.0. The summed E-state index contributed by atoms with van der Waals surface area (Å²) < 4.78 is 3.62. The Morgan fingerprint density at radius 2 is 1.58 bits per heavy atom. The molecule has 0 N–H and O–H groups in total. The van der Waals surface area contributed by atoms with Crippen molar-refractivity contribution in [1.82, 2.24) is 24.1 Å². The quantitative estimate of drug-likeness (QED) is 0.401.